The van der Waals surface area contributed by atoms with E-state index in [1.165, 1.54) is 0 Å². The summed E-state index contributed by atoms with van der Waals surface area (Å²) in [4.78, 5) is 10.5. The number of ether oxygens (including phenoxy) is 1. The highest BCUT2D eigenvalue weighted by Crippen LogP contribution is 2.01. The van der Waals surface area contributed by atoms with E-state index < -0.39 is 0 Å². The molecule has 1 aliphatic rings. The van der Waals surface area contributed by atoms with Gasteiger partial charge in [-0.25, -0.2) is 5.06 Å². The molecule has 9 heavy (non-hydrogen) atoms. The zero-order chi connectivity index (χ0) is 6.85. The molecule has 1 saturated heterocycles. The monoisotopic (exact) mass is 131 g/mol. The fourth-order valence-corrected chi connectivity index (χ4v) is 0.686. The predicted octanol–water partition coefficient (Wildman–Crippen LogP) is -0.377. The SMILES string of the molecule is CC1CN(O)C(=O)CO1. The summed E-state index contributed by atoms with van der Waals surface area (Å²) in [6.07, 6.45) is -0.0484. The van der Waals surface area contributed by atoms with Crippen LogP contribution in [-0.2, 0) is 9.53 Å². The van der Waals surface area contributed by atoms with E-state index in [1.807, 2.05) is 0 Å². The van der Waals surface area contributed by atoms with Crippen molar-refractivity contribution in [1.29, 1.82) is 0 Å². The molecule has 0 aromatic heterocycles. The molecule has 4 nitrogen and oxygen atoms in total. The normalized spacial score (nSPS) is 28.9. The fraction of sp³-hybridized carbons (Fsp3) is 0.800. The van der Waals surface area contributed by atoms with E-state index in [9.17, 15) is 4.79 Å². The van der Waals surface area contributed by atoms with Crippen molar-refractivity contribution >= 4 is 5.91 Å². The number of carbonyl (C=O) groups excluding carboxylic acids is 1. The summed E-state index contributed by atoms with van der Waals surface area (Å²) in [5.74, 6) is -0.367. The van der Waals surface area contributed by atoms with Crippen LogP contribution < -0.4 is 0 Å². The maximum absolute atomic E-state index is 10.5. The van der Waals surface area contributed by atoms with Crippen molar-refractivity contribution in [1.82, 2.24) is 5.06 Å². The molecule has 0 saturated carbocycles. The molecule has 4 heteroatoms. The van der Waals surface area contributed by atoms with Gasteiger partial charge in [-0.1, -0.05) is 0 Å². The van der Waals surface area contributed by atoms with Crippen molar-refractivity contribution < 1.29 is 14.7 Å². The summed E-state index contributed by atoms with van der Waals surface area (Å²) < 4.78 is 4.91. The van der Waals surface area contributed by atoms with Crippen LogP contribution in [0.4, 0.5) is 0 Å². The third-order valence-corrected chi connectivity index (χ3v) is 1.21. The fourth-order valence-electron chi connectivity index (χ4n) is 0.686. The molecule has 1 heterocycles. The van der Waals surface area contributed by atoms with Crippen LogP contribution in [-0.4, -0.2) is 35.4 Å². The highest BCUT2D eigenvalue weighted by atomic mass is 16.6. The highest BCUT2D eigenvalue weighted by molar-refractivity contribution is 5.76. The Morgan fingerprint density at radius 3 is 3.00 bits per heavy atom. The number of morpholine rings is 1. The van der Waals surface area contributed by atoms with Crippen LogP contribution in [0.2, 0.25) is 0 Å². The maximum Gasteiger partial charge on any atom is 0.271 e. The summed E-state index contributed by atoms with van der Waals surface area (Å²) in [5.41, 5.74) is 0. The summed E-state index contributed by atoms with van der Waals surface area (Å²) in [6.45, 7) is 2.08. The first kappa shape index (κ1) is 6.51. The van der Waals surface area contributed by atoms with E-state index in [2.05, 4.69) is 0 Å². The molecular formula is C5H9NO3. The van der Waals surface area contributed by atoms with E-state index in [-0.39, 0.29) is 25.2 Å². The molecule has 0 aromatic carbocycles. The third kappa shape index (κ3) is 1.40. The third-order valence-electron chi connectivity index (χ3n) is 1.21. The summed E-state index contributed by atoms with van der Waals surface area (Å²) in [5, 5.41) is 9.44. The lowest BCUT2D eigenvalue weighted by atomic mass is 10.3. The minimum atomic E-state index is -0.367. The van der Waals surface area contributed by atoms with E-state index in [0.717, 1.165) is 0 Å². The second kappa shape index (κ2) is 2.33. The molecule has 1 aliphatic heterocycles. The van der Waals surface area contributed by atoms with Gasteiger partial charge < -0.3 is 4.74 Å². The van der Waals surface area contributed by atoms with Gasteiger partial charge in [0, 0.05) is 0 Å². The molecule has 1 amide bonds. The molecule has 1 rings (SSSR count). The van der Waals surface area contributed by atoms with E-state index >= 15 is 0 Å². The van der Waals surface area contributed by atoms with Crippen LogP contribution in [0, 0.1) is 0 Å². The Balaban J connectivity index is 2.44. The van der Waals surface area contributed by atoms with E-state index in [0.29, 0.717) is 5.06 Å². The minimum Gasteiger partial charge on any atom is -0.367 e. The van der Waals surface area contributed by atoms with Gasteiger partial charge in [-0.15, -0.1) is 0 Å². The van der Waals surface area contributed by atoms with Gasteiger partial charge in [0.05, 0.1) is 12.6 Å². The van der Waals surface area contributed by atoms with Crippen molar-refractivity contribution in [3.63, 3.8) is 0 Å². The lowest BCUT2D eigenvalue weighted by Gasteiger charge is -2.25. The molecule has 0 aromatic rings. The van der Waals surface area contributed by atoms with Gasteiger partial charge in [-0.05, 0) is 6.92 Å². The second-order valence-electron chi connectivity index (χ2n) is 2.10. The predicted molar refractivity (Wildman–Crippen MR) is 28.9 cm³/mol. The van der Waals surface area contributed by atoms with Crippen LogP contribution in [0.15, 0.2) is 0 Å². The number of rotatable bonds is 0. The number of hydroxylamine groups is 2. The molecule has 1 unspecified atom stereocenters. The Kier molecular flexibility index (Phi) is 1.68. The van der Waals surface area contributed by atoms with Gasteiger partial charge in [0.2, 0.25) is 0 Å². The van der Waals surface area contributed by atoms with Crippen molar-refractivity contribution in [2.45, 2.75) is 13.0 Å². The van der Waals surface area contributed by atoms with Gasteiger partial charge in [0.1, 0.15) is 6.61 Å². The van der Waals surface area contributed by atoms with E-state index in [4.69, 9.17) is 9.94 Å². The molecular weight excluding hydrogens is 122 g/mol. The summed E-state index contributed by atoms with van der Waals surface area (Å²) >= 11 is 0. The molecule has 0 radical (unpaired) electrons. The number of hydrogen-bond acceptors (Lipinski definition) is 3. The highest BCUT2D eigenvalue weighted by Gasteiger charge is 2.21. The van der Waals surface area contributed by atoms with Crippen molar-refractivity contribution in [3.05, 3.63) is 0 Å². The Hall–Kier alpha value is -0.610. The van der Waals surface area contributed by atoms with Gasteiger partial charge in [-0.3, -0.25) is 10.0 Å². The average Bonchev–Trinajstić information content (AvgIpc) is 1.80. The van der Waals surface area contributed by atoms with Crippen molar-refractivity contribution in [3.8, 4) is 0 Å². The lowest BCUT2D eigenvalue weighted by Crippen LogP contribution is -2.43. The zero-order valence-corrected chi connectivity index (χ0v) is 5.20. The average molecular weight is 131 g/mol. The van der Waals surface area contributed by atoms with Crippen molar-refractivity contribution in [2.75, 3.05) is 13.2 Å². The van der Waals surface area contributed by atoms with Crippen molar-refractivity contribution in [2.24, 2.45) is 0 Å². The number of amides is 1. The second-order valence-corrected chi connectivity index (χ2v) is 2.10. The maximum atomic E-state index is 10.5. The number of hydrogen-bond donors (Lipinski definition) is 1. The summed E-state index contributed by atoms with van der Waals surface area (Å²) in [7, 11) is 0. The largest absolute Gasteiger partial charge is 0.367 e. The van der Waals surface area contributed by atoms with E-state index in [1.54, 1.807) is 6.92 Å². The molecule has 1 atom stereocenters. The van der Waals surface area contributed by atoms with Crippen LogP contribution >= 0.6 is 0 Å². The molecule has 1 fully saturated rings. The van der Waals surface area contributed by atoms with Crippen LogP contribution in [0.1, 0.15) is 6.92 Å². The Morgan fingerprint density at radius 1 is 1.89 bits per heavy atom. The van der Waals surface area contributed by atoms with Crippen LogP contribution in [0.25, 0.3) is 0 Å². The Labute approximate surface area is 53.0 Å². The van der Waals surface area contributed by atoms with Gasteiger partial charge in [0.25, 0.3) is 5.91 Å². The Morgan fingerprint density at radius 2 is 2.56 bits per heavy atom. The smallest absolute Gasteiger partial charge is 0.271 e. The molecule has 52 valence electrons. The standard InChI is InChI=1S/C5H9NO3/c1-4-2-6(8)5(7)3-9-4/h4,8H,2-3H2,1H3. The molecule has 1 N–H and O–H groups in total. The molecule has 0 spiro atoms. The summed E-state index contributed by atoms with van der Waals surface area (Å²) in [6, 6.07) is 0. The lowest BCUT2D eigenvalue weighted by molar-refractivity contribution is -0.192. The number of nitrogens with zero attached hydrogens (tertiary/aromatic N) is 1. The first-order valence-electron chi connectivity index (χ1n) is 2.81. The Bertz CT molecular complexity index is 125. The van der Waals surface area contributed by atoms with Crippen LogP contribution in [0.3, 0.4) is 0 Å². The zero-order valence-electron chi connectivity index (χ0n) is 5.20. The topological polar surface area (TPSA) is 49.8 Å². The minimum absolute atomic E-state index is 0.00231. The number of carbonyl (C=O) groups is 1. The first-order chi connectivity index (χ1) is 4.20. The van der Waals surface area contributed by atoms with Gasteiger partial charge >= 0.3 is 0 Å². The van der Waals surface area contributed by atoms with Crippen LogP contribution in [0.5, 0.6) is 0 Å². The quantitative estimate of drug-likeness (QED) is 0.456. The molecule has 0 aliphatic carbocycles. The van der Waals surface area contributed by atoms with Gasteiger partial charge in [0.15, 0.2) is 0 Å². The first-order valence-corrected chi connectivity index (χ1v) is 2.81. The van der Waals surface area contributed by atoms with Gasteiger partial charge in [-0.2, -0.15) is 0 Å². The molecule has 0 bridgehead atoms.